The molecular weight excluding hydrogens is 396 g/mol. The minimum atomic E-state index is -4.66. The second kappa shape index (κ2) is 8.02. The summed E-state index contributed by atoms with van der Waals surface area (Å²) >= 11 is 0. The van der Waals surface area contributed by atoms with Gasteiger partial charge in [0.15, 0.2) is 0 Å². The summed E-state index contributed by atoms with van der Waals surface area (Å²) in [4.78, 5) is 15.4. The van der Waals surface area contributed by atoms with Crippen molar-refractivity contribution < 1.29 is 22.4 Å². The van der Waals surface area contributed by atoms with Crippen LogP contribution in [0.4, 0.5) is 17.6 Å². The van der Waals surface area contributed by atoms with Gasteiger partial charge in [-0.25, -0.2) is 4.39 Å². The highest BCUT2D eigenvalue weighted by Crippen LogP contribution is 2.48. The van der Waals surface area contributed by atoms with Crippen LogP contribution in [0.1, 0.15) is 59.6 Å². The average molecular weight is 420 g/mol. The maximum absolute atomic E-state index is 14.4. The van der Waals surface area contributed by atoms with Crippen LogP contribution in [-0.2, 0) is 6.18 Å². The predicted octanol–water partition coefficient (Wildman–Crippen LogP) is 5.33. The van der Waals surface area contributed by atoms with Crippen molar-refractivity contribution in [2.24, 2.45) is 0 Å². The third-order valence-corrected chi connectivity index (χ3v) is 6.44. The van der Waals surface area contributed by atoms with Gasteiger partial charge in [-0.1, -0.05) is 30.3 Å². The largest absolute Gasteiger partial charge is 0.416 e. The zero-order chi connectivity index (χ0) is 21.4. The van der Waals surface area contributed by atoms with Gasteiger partial charge in [-0.05, 0) is 69.0 Å². The van der Waals surface area contributed by atoms with E-state index in [0.717, 1.165) is 62.9 Å². The standard InChI is InChI=1S/C23H24F4N2O/c24-19-15-17(23(25,26)27)9-10-18(19)21(30)28-20(16-7-2-1-3-8-16)22(11-6-12-22)29-13-4-5-14-29/h1-3,7-10,15,20H,4-6,11-14H2,(H,28,30). The highest BCUT2D eigenvalue weighted by molar-refractivity contribution is 5.95. The maximum Gasteiger partial charge on any atom is 0.416 e. The summed E-state index contributed by atoms with van der Waals surface area (Å²) in [5, 5.41) is 2.97. The van der Waals surface area contributed by atoms with Crippen LogP contribution in [0.2, 0.25) is 0 Å². The van der Waals surface area contributed by atoms with Crippen LogP contribution in [0.5, 0.6) is 0 Å². The Morgan fingerprint density at radius 3 is 2.20 bits per heavy atom. The van der Waals surface area contributed by atoms with Crippen molar-refractivity contribution in [2.75, 3.05) is 13.1 Å². The van der Waals surface area contributed by atoms with E-state index < -0.39 is 23.5 Å². The van der Waals surface area contributed by atoms with E-state index in [2.05, 4.69) is 10.2 Å². The van der Waals surface area contributed by atoms with E-state index >= 15 is 0 Å². The number of alkyl halides is 3. The van der Waals surface area contributed by atoms with E-state index in [1.807, 2.05) is 30.3 Å². The smallest absolute Gasteiger partial charge is 0.343 e. The third kappa shape index (κ3) is 3.83. The summed E-state index contributed by atoms with van der Waals surface area (Å²) in [6, 6.07) is 11.2. The molecule has 4 rings (SSSR count). The molecule has 1 unspecified atom stereocenters. The second-order valence-electron chi connectivity index (χ2n) is 8.16. The van der Waals surface area contributed by atoms with E-state index in [9.17, 15) is 22.4 Å². The maximum atomic E-state index is 14.4. The molecule has 3 nitrogen and oxygen atoms in total. The molecule has 2 aromatic carbocycles. The number of carbonyl (C=O) groups is 1. The molecule has 1 amide bonds. The van der Waals surface area contributed by atoms with Crippen LogP contribution in [0.3, 0.4) is 0 Å². The normalized spacial score (nSPS) is 19.9. The molecule has 30 heavy (non-hydrogen) atoms. The number of amides is 1. The number of benzene rings is 2. The number of hydrogen-bond donors (Lipinski definition) is 1. The summed E-state index contributed by atoms with van der Waals surface area (Å²) in [5.41, 5.74) is -0.802. The van der Waals surface area contributed by atoms with Gasteiger partial charge in [-0.2, -0.15) is 13.2 Å². The summed E-state index contributed by atoms with van der Waals surface area (Å²) in [7, 11) is 0. The lowest BCUT2D eigenvalue weighted by atomic mass is 9.68. The summed E-state index contributed by atoms with van der Waals surface area (Å²) in [6.07, 6.45) is 0.429. The zero-order valence-corrected chi connectivity index (χ0v) is 16.5. The van der Waals surface area contributed by atoms with E-state index in [-0.39, 0.29) is 17.1 Å². The molecule has 0 bridgehead atoms. The van der Waals surface area contributed by atoms with Crippen LogP contribution in [0.25, 0.3) is 0 Å². The fraction of sp³-hybridized carbons (Fsp3) is 0.435. The van der Waals surface area contributed by atoms with Gasteiger partial charge in [0.2, 0.25) is 0 Å². The molecule has 1 saturated carbocycles. The molecule has 1 N–H and O–H groups in total. The van der Waals surface area contributed by atoms with Crippen molar-refractivity contribution in [2.45, 2.75) is 49.9 Å². The molecule has 2 aromatic rings. The SMILES string of the molecule is O=C(NC(c1ccccc1)C1(N2CCCC2)CCC1)c1ccc(C(F)(F)F)cc1F. The van der Waals surface area contributed by atoms with Gasteiger partial charge in [-0.15, -0.1) is 0 Å². The zero-order valence-electron chi connectivity index (χ0n) is 16.5. The number of carbonyl (C=O) groups excluding carboxylic acids is 1. The molecule has 1 aliphatic heterocycles. The first-order chi connectivity index (χ1) is 14.3. The molecule has 0 spiro atoms. The number of likely N-dealkylation sites (tertiary alicyclic amines) is 1. The molecule has 2 fully saturated rings. The Morgan fingerprint density at radius 1 is 1.00 bits per heavy atom. The summed E-state index contributed by atoms with van der Waals surface area (Å²) in [6.45, 7) is 1.90. The van der Waals surface area contributed by atoms with Gasteiger partial charge in [0.25, 0.3) is 5.91 Å². The Morgan fingerprint density at radius 2 is 1.67 bits per heavy atom. The molecule has 1 atom stereocenters. The van der Waals surface area contributed by atoms with Gasteiger partial charge in [-0.3, -0.25) is 9.69 Å². The highest BCUT2D eigenvalue weighted by atomic mass is 19.4. The van der Waals surface area contributed by atoms with Crippen molar-refractivity contribution in [3.63, 3.8) is 0 Å². The molecule has 160 valence electrons. The first kappa shape index (κ1) is 20.8. The Labute approximate surface area is 173 Å². The number of nitrogens with zero attached hydrogens (tertiary/aromatic N) is 1. The molecule has 0 aromatic heterocycles. The van der Waals surface area contributed by atoms with Gasteiger partial charge in [0, 0.05) is 5.54 Å². The van der Waals surface area contributed by atoms with Gasteiger partial charge in [0.1, 0.15) is 5.82 Å². The molecule has 7 heteroatoms. The number of rotatable bonds is 5. The first-order valence-corrected chi connectivity index (χ1v) is 10.3. The summed E-state index contributed by atoms with van der Waals surface area (Å²) in [5.74, 6) is -1.86. The Bertz CT molecular complexity index is 903. The Balaban J connectivity index is 1.65. The van der Waals surface area contributed by atoms with Crippen LogP contribution < -0.4 is 5.32 Å². The van der Waals surface area contributed by atoms with E-state index in [0.29, 0.717) is 6.07 Å². The van der Waals surface area contributed by atoms with Gasteiger partial charge in [0.05, 0.1) is 17.2 Å². The number of nitrogens with one attached hydrogen (secondary N) is 1. The third-order valence-electron chi connectivity index (χ3n) is 6.44. The van der Waals surface area contributed by atoms with Crippen molar-refractivity contribution in [3.8, 4) is 0 Å². The molecular formula is C23H24F4N2O. The molecule has 1 saturated heterocycles. The Hall–Kier alpha value is -2.41. The van der Waals surface area contributed by atoms with Gasteiger partial charge < -0.3 is 5.32 Å². The molecule has 2 aliphatic rings. The van der Waals surface area contributed by atoms with Crippen LogP contribution >= 0.6 is 0 Å². The van der Waals surface area contributed by atoms with E-state index in [1.54, 1.807) is 0 Å². The van der Waals surface area contributed by atoms with Gasteiger partial charge >= 0.3 is 6.18 Å². The summed E-state index contributed by atoms with van der Waals surface area (Å²) < 4.78 is 52.9. The topological polar surface area (TPSA) is 32.3 Å². The van der Waals surface area contributed by atoms with Crippen molar-refractivity contribution in [1.29, 1.82) is 0 Å². The Kier molecular flexibility index (Phi) is 5.57. The van der Waals surface area contributed by atoms with Crippen molar-refractivity contribution in [1.82, 2.24) is 10.2 Å². The quantitative estimate of drug-likeness (QED) is 0.663. The molecule has 0 radical (unpaired) electrons. The van der Waals surface area contributed by atoms with Crippen molar-refractivity contribution >= 4 is 5.91 Å². The molecule has 1 aliphatic carbocycles. The second-order valence-corrected chi connectivity index (χ2v) is 8.16. The predicted molar refractivity (Wildman–Crippen MR) is 105 cm³/mol. The van der Waals surface area contributed by atoms with E-state index in [1.165, 1.54) is 0 Å². The highest BCUT2D eigenvalue weighted by Gasteiger charge is 2.50. The first-order valence-electron chi connectivity index (χ1n) is 10.3. The lowest BCUT2D eigenvalue weighted by molar-refractivity contribution is -0.137. The number of halogens is 4. The lowest BCUT2D eigenvalue weighted by Crippen LogP contribution is -2.60. The average Bonchev–Trinajstić information content (AvgIpc) is 3.21. The fourth-order valence-corrected chi connectivity index (χ4v) is 4.75. The lowest BCUT2D eigenvalue weighted by Gasteiger charge is -2.54. The van der Waals surface area contributed by atoms with Crippen molar-refractivity contribution in [3.05, 3.63) is 71.0 Å². The minimum absolute atomic E-state index is 0.240. The van der Waals surface area contributed by atoms with Crippen LogP contribution in [0.15, 0.2) is 48.5 Å². The fourth-order valence-electron chi connectivity index (χ4n) is 4.75. The monoisotopic (exact) mass is 420 g/mol. The van der Waals surface area contributed by atoms with Crippen LogP contribution in [0, 0.1) is 5.82 Å². The number of hydrogen-bond acceptors (Lipinski definition) is 2. The van der Waals surface area contributed by atoms with Crippen LogP contribution in [-0.4, -0.2) is 29.4 Å². The minimum Gasteiger partial charge on any atom is -0.343 e. The van der Waals surface area contributed by atoms with E-state index in [4.69, 9.17) is 0 Å². The molecule has 1 heterocycles.